The Morgan fingerprint density at radius 3 is 2.92 bits per heavy atom. The van der Waals surface area contributed by atoms with E-state index >= 15 is 0 Å². The highest BCUT2D eigenvalue weighted by Gasteiger charge is 2.27. The second-order valence-corrected chi connectivity index (χ2v) is 3.48. The van der Waals surface area contributed by atoms with Crippen LogP contribution in [0, 0.1) is 0 Å². The molecule has 0 aromatic carbocycles. The molecular weight excluding hydrogens is 152 g/mol. The van der Waals surface area contributed by atoms with Gasteiger partial charge in [-0.15, -0.1) is 5.10 Å². The van der Waals surface area contributed by atoms with Crippen LogP contribution in [0.2, 0.25) is 0 Å². The van der Waals surface area contributed by atoms with E-state index in [1.54, 1.807) is 0 Å². The Bertz CT molecular complexity index is 268. The van der Waals surface area contributed by atoms with Crippen LogP contribution >= 0.6 is 0 Å². The van der Waals surface area contributed by atoms with Gasteiger partial charge in [-0.2, -0.15) is 0 Å². The molecule has 66 valence electrons. The second-order valence-electron chi connectivity index (χ2n) is 3.48. The van der Waals surface area contributed by atoms with Crippen LogP contribution < -0.4 is 5.73 Å². The minimum atomic E-state index is 0.308. The number of nitrogens with two attached hydrogens (primary N) is 1. The van der Waals surface area contributed by atoms with Gasteiger partial charge in [0.2, 0.25) is 0 Å². The summed E-state index contributed by atoms with van der Waals surface area (Å²) in [6.07, 6.45) is 5.38. The van der Waals surface area contributed by atoms with Crippen molar-refractivity contribution in [3.63, 3.8) is 0 Å². The fourth-order valence-electron chi connectivity index (χ4n) is 1.99. The monoisotopic (exact) mass is 166 g/mol. The zero-order valence-corrected chi connectivity index (χ0v) is 7.27. The summed E-state index contributed by atoms with van der Waals surface area (Å²) in [6.45, 7) is 0. The first-order valence-corrected chi connectivity index (χ1v) is 4.39. The summed E-state index contributed by atoms with van der Waals surface area (Å²) in [5, 5.41) is 7.76. The third-order valence-corrected chi connectivity index (χ3v) is 2.70. The fraction of sp³-hybridized carbons (Fsp3) is 0.750. The van der Waals surface area contributed by atoms with Gasteiger partial charge < -0.3 is 5.73 Å². The minimum Gasteiger partial charge on any atom is -0.327 e. The van der Waals surface area contributed by atoms with Crippen LogP contribution in [0.25, 0.3) is 0 Å². The second kappa shape index (κ2) is 2.86. The van der Waals surface area contributed by atoms with Crippen LogP contribution in [0.15, 0.2) is 6.20 Å². The zero-order valence-electron chi connectivity index (χ0n) is 7.27. The summed E-state index contributed by atoms with van der Waals surface area (Å²) in [4.78, 5) is 0. The van der Waals surface area contributed by atoms with Crippen molar-refractivity contribution in [3.8, 4) is 0 Å². The largest absolute Gasteiger partial charge is 0.327 e. The predicted octanol–water partition coefficient (Wildman–Crippen LogP) is 0.410. The molecule has 0 radical (unpaired) electrons. The van der Waals surface area contributed by atoms with Gasteiger partial charge in [-0.3, -0.25) is 4.68 Å². The Hall–Kier alpha value is -0.900. The number of hydrogen-bond acceptors (Lipinski definition) is 3. The fourth-order valence-corrected chi connectivity index (χ4v) is 1.99. The van der Waals surface area contributed by atoms with Gasteiger partial charge >= 0.3 is 0 Å². The van der Waals surface area contributed by atoms with Gasteiger partial charge in [0.1, 0.15) is 0 Å². The van der Waals surface area contributed by atoms with Gasteiger partial charge in [0.25, 0.3) is 0 Å². The van der Waals surface area contributed by atoms with E-state index in [1.807, 2.05) is 17.9 Å². The molecule has 1 aromatic heterocycles. The molecule has 1 heterocycles. The molecule has 12 heavy (non-hydrogen) atoms. The quantitative estimate of drug-likeness (QED) is 0.657. The van der Waals surface area contributed by atoms with E-state index in [2.05, 4.69) is 10.3 Å². The van der Waals surface area contributed by atoms with E-state index in [0.717, 1.165) is 6.42 Å². The van der Waals surface area contributed by atoms with Crippen LogP contribution in [0.1, 0.15) is 30.9 Å². The van der Waals surface area contributed by atoms with Gasteiger partial charge in [-0.25, -0.2) is 0 Å². The van der Waals surface area contributed by atoms with Crippen LogP contribution in [0.4, 0.5) is 0 Å². The molecule has 1 fully saturated rings. The number of nitrogens with zero attached hydrogens (tertiary/aromatic N) is 3. The molecular formula is C8H14N4. The van der Waals surface area contributed by atoms with Crippen LogP contribution in [0.3, 0.4) is 0 Å². The third-order valence-electron chi connectivity index (χ3n) is 2.70. The average Bonchev–Trinajstić information content (AvgIpc) is 2.59. The molecule has 2 N–H and O–H groups in total. The first-order chi connectivity index (χ1) is 5.79. The lowest BCUT2D eigenvalue weighted by molar-refractivity contribution is 0.555. The molecule has 1 aliphatic carbocycles. The van der Waals surface area contributed by atoms with Crippen molar-refractivity contribution in [2.45, 2.75) is 31.2 Å². The lowest BCUT2D eigenvalue weighted by Gasteiger charge is -2.13. The number of hydrogen-bond donors (Lipinski definition) is 1. The topological polar surface area (TPSA) is 56.7 Å². The summed E-state index contributed by atoms with van der Waals surface area (Å²) in [7, 11) is 1.92. The van der Waals surface area contributed by atoms with Crippen molar-refractivity contribution in [2.75, 3.05) is 0 Å². The van der Waals surface area contributed by atoms with Crippen molar-refractivity contribution in [2.24, 2.45) is 12.8 Å². The van der Waals surface area contributed by atoms with Crippen LogP contribution in [-0.2, 0) is 7.05 Å². The summed E-state index contributed by atoms with van der Waals surface area (Å²) in [5.41, 5.74) is 7.15. The van der Waals surface area contributed by atoms with Crippen molar-refractivity contribution in [1.29, 1.82) is 0 Å². The lowest BCUT2D eigenvalue weighted by Crippen LogP contribution is -2.24. The highest BCUT2D eigenvalue weighted by atomic mass is 15.4. The molecule has 1 aromatic rings. The maximum Gasteiger partial charge on any atom is 0.0728 e. The summed E-state index contributed by atoms with van der Waals surface area (Å²) < 4.78 is 1.83. The Kier molecular flexibility index (Phi) is 1.84. The molecule has 4 heteroatoms. The van der Waals surface area contributed by atoms with Gasteiger partial charge in [0.05, 0.1) is 11.9 Å². The van der Waals surface area contributed by atoms with Gasteiger partial charge in [0.15, 0.2) is 0 Å². The number of aryl methyl sites for hydroxylation is 1. The lowest BCUT2D eigenvalue weighted by atomic mass is 10.0. The zero-order chi connectivity index (χ0) is 8.55. The van der Waals surface area contributed by atoms with E-state index in [-0.39, 0.29) is 0 Å². The number of aromatic nitrogens is 3. The Morgan fingerprint density at radius 2 is 2.42 bits per heavy atom. The molecule has 0 amide bonds. The molecule has 1 aliphatic rings. The van der Waals surface area contributed by atoms with Gasteiger partial charge in [-0.1, -0.05) is 11.6 Å². The van der Waals surface area contributed by atoms with E-state index in [1.165, 1.54) is 18.5 Å². The smallest absolute Gasteiger partial charge is 0.0728 e. The molecule has 2 unspecified atom stereocenters. The third kappa shape index (κ3) is 1.12. The van der Waals surface area contributed by atoms with E-state index in [0.29, 0.717) is 12.0 Å². The maximum atomic E-state index is 5.97. The summed E-state index contributed by atoms with van der Waals surface area (Å²) >= 11 is 0. The standard InChI is InChI=1S/C8H14N4/c1-12-8(5-10-11-12)6-3-2-4-7(6)9/h5-7H,2-4,9H2,1H3. The molecule has 0 bridgehead atoms. The van der Waals surface area contributed by atoms with Crippen molar-refractivity contribution < 1.29 is 0 Å². The average molecular weight is 166 g/mol. The highest BCUT2D eigenvalue weighted by molar-refractivity contribution is 5.09. The van der Waals surface area contributed by atoms with Gasteiger partial charge in [0, 0.05) is 19.0 Å². The van der Waals surface area contributed by atoms with E-state index < -0.39 is 0 Å². The van der Waals surface area contributed by atoms with Crippen molar-refractivity contribution in [1.82, 2.24) is 15.0 Å². The molecule has 1 saturated carbocycles. The summed E-state index contributed by atoms with van der Waals surface area (Å²) in [5.74, 6) is 0.477. The Morgan fingerprint density at radius 1 is 1.58 bits per heavy atom. The van der Waals surface area contributed by atoms with Crippen molar-refractivity contribution in [3.05, 3.63) is 11.9 Å². The predicted molar refractivity (Wildman–Crippen MR) is 45.6 cm³/mol. The maximum absolute atomic E-state index is 5.97. The normalized spacial score (nSPS) is 29.5. The van der Waals surface area contributed by atoms with Gasteiger partial charge in [-0.05, 0) is 12.8 Å². The van der Waals surface area contributed by atoms with E-state index in [4.69, 9.17) is 5.73 Å². The van der Waals surface area contributed by atoms with Crippen molar-refractivity contribution >= 4 is 0 Å². The Balaban J connectivity index is 2.24. The summed E-state index contributed by atoms with van der Waals surface area (Å²) in [6, 6.07) is 0.308. The van der Waals surface area contributed by atoms with E-state index in [9.17, 15) is 0 Å². The molecule has 4 nitrogen and oxygen atoms in total. The first-order valence-electron chi connectivity index (χ1n) is 4.39. The molecule has 0 saturated heterocycles. The number of rotatable bonds is 1. The molecule has 0 spiro atoms. The highest BCUT2D eigenvalue weighted by Crippen LogP contribution is 2.32. The Labute approximate surface area is 71.8 Å². The molecule has 2 atom stereocenters. The molecule has 2 rings (SSSR count). The minimum absolute atomic E-state index is 0.308. The SMILES string of the molecule is Cn1nncc1C1CCCC1N. The first kappa shape index (κ1) is 7.73. The van der Waals surface area contributed by atoms with Crippen LogP contribution in [-0.4, -0.2) is 21.0 Å². The molecule has 0 aliphatic heterocycles. The van der Waals surface area contributed by atoms with Crippen LogP contribution in [0.5, 0.6) is 0 Å².